The SMILES string of the molecule is CCNC(=O)C(C)CCC(C)NC(=O)C(C)C. The molecule has 2 atom stereocenters. The van der Waals surface area contributed by atoms with Crippen LogP contribution in [0.1, 0.15) is 47.5 Å². The lowest BCUT2D eigenvalue weighted by Gasteiger charge is -2.17. The Morgan fingerprint density at radius 1 is 1.00 bits per heavy atom. The average molecular weight is 242 g/mol. The van der Waals surface area contributed by atoms with Gasteiger partial charge in [-0.15, -0.1) is 0 Å². The van der Waals surface area contributed by atoms with Gasteiger partial charge in [-0.3, -0.25) is 9.59 Å². The molecule has 2 N–H and O–H groups in total. The van der Waals surface area contributed by atoms with Crippen LogP contribution in [0.3, 0.4) is 0 Å². The lowest BCUT2D eigenvalue weighted by Crippen LogP contribution is -2.36. The molecule has 2 amide bonds. The van der Waals surface area contributed by atoms with Crippen molar-refractivity contribution >= 4 is 11.8 Å². The predicted molar refractivity (Wildman–Crippen MR) is 69.5 cm³/mol. The van der Waals surface area contributed by atoms with Crippen LogP contribution < -0.4 is 10.6 Å². The van der Waals surface area contributed by atoms with Crippen molar-refractivity contribution in [2.24, 2.45) is 11.8 Å². The van der Waals surface area contributed by atoms with E-state index in [1.165, 1.54) is 0 Å². The molecule has 0 saturated carbocycles. The zero-order chi connectivity index (χ0) is 13.4. The Balaban J connectivity index is 3.87. The van der Waals surface area contributed by atoms with E-state index < -0.39 is 0 Å². The highest BCUT2D eigenvalue weighted by molar-refractivity contribution is 5.78. The summed E-state index contributed by atoms with van der Waals surface area (Å²) in [5, 5.41) is 5.74. The van der Waals surface area contributed by atoms with E-state index in [0.29, 0.717) is 6.54 Å². The van der Waals surface area contributed by atoms with Gasteiger partial charge in [0.15, 0.2) is 0 Å². The third-order valence-electron chi connectivity index (χ3n) is 2.74. The van der Waals surface area contributed by atoms with Gasteiger partial charge in [-0.1, -0.05) is 20.8 Å². The second-order valence-electron chi connectivity index (χ2n) is 4.94. The van der Waals surface area contributed by atoms with E-state index in [1.807, 2.05) is 34.6 Å². The molecule has 100 valence electrons. The fraction of sp³-hybridized carbons (Fsp3) is 0.846. The van der Waals surface area contributed by atoms with Crippen LogP contribution in [0.4, 0.5) is 0 Å². The molecule has 4 heteroatoms. The second-order valence-corrected chi connectivity index (χ2v) is 4.94. The summed E-state index contributed by atoms with van der Waals surface area (Å²) in [7, 11) is 0. The molecule has 0 aromatic rings. The van der Waals surface area contributed by atoms with Crippen molar-refractivity contribution in [3.8, 4) is 0 Å². The van der Waals surface area contributed by atoms with E-state index in [-0.39, 0.29) is 29.7 Å². The van der Waals surface area contributed by atoms with Gasteiger partial charge in [0, 0.05) is 24.4 Å². The molecular formula is C13H26N2O2. The van der Waals surface area contributed by atoms with E-state index in [1.54, 1.807) is 0 Å². The highest BCUT2D eigenvalue weighted by Crippen LogP contribution is 2.08. The Hall–Kier alpha value is -1.06. The fourth-order valence-corrected chi connectivity index (χ4v) is 1.46. The zero-order valence-corrected chi connectivity index (χ0v) is 11.7. The minimum atomic E-state index is 0.00773. The minimum absolute atomic E-state index is 0.00773. The van der Waals surface area contributed by atoms with E-state index >= 15 is 0 Å². The van der Waals surface area contributed by atoms with Crippen LogP contribution >= 0.6 is 0 Å². The molecule has 4 nitrogen and oxygen atoms in total. The first-order chi connectivity index (χ1) is 7.88. The summed E-state index contributed by atoms with van der Waals surface area (Å²) >= 11 is 0. The summed E-state index contributed by atoms with van der Waals surface area (Å²) in [6.45, 7) is 10.2. The summed E-state index contributed by atoms with van der Waals surface area (Å²) < 4.78 is 0. The lowest BCUT2D eigenvalue weighted by molar-refractivity contribution is -0.124. The molecule has 0 saturated heterocycles. The first kappa shape index (κ1) is 15.9. The smallest absolute Gasteiger partial charge is 0.222 e. The fourth-order valence-electron chi connectivity index (χ4n) is 1.46. The van der Waals surface area contributed by atoms with Gasteiger partial charge < -0.3 is 10.6 Å². The van der Waals surface area contributed by atoms with Crippen molar-refractivity contribution in [3.05, 3.63) is 0 Å². The molecule has 0 spiro atoms. The molecule has 0 rings (SSSR count). The molecule has 2 unspecified atom stereocenters. The number of rotatable bonds is 7. The molecule has 0 radical (unpaired) electrons. The van der Waals surface area contributed by atoms with Gasteiger partial charge >= 0.3 is 0 Å². The third kappa shape index (κ3) is 6.97. The molecule has 0 bridgehead atoms. The van der Waals surface area contributed by atoms with Gasteiger partial charge in [-0.05, 0) is 26.7 Å². The van der Waals surface area contributed by atoms with Crippen LogP contribution in [0.5, 0.6) is 0 Å². The number of carbonyl (C=O) groups excluding carboxylic acids is 2. The van der Waals surface area contributed by atoms with Crippen LogP contribution in [0.25, 0.3) is 0 Å². The summed E-state index contributed by atoms with van der Waals surface area (Å²) in [6.07, 6.45) is 1.63. The molecule has 0 heterocycles. The van der Waals surface area contributed by atoms with Crippen molar-refractivity contribution < 1.29 is 9.59 Å². The lowest BCUT2D eigenvalue weighted by atomic mass is 10.0. The summed E-state index contributed by atoms with van der Waals surface area (Å²) in [4.78, 5) is 22.9. The Kier molecular flexibility index (Phi) is 7.59. The van der Waals surface area contributed by atoms with Crippen molar-refractivity contribution in [1.82, 2.24) is 10.6 Å². The van der Waals surface area contributed by atoms with Gasteiger partial charge in [-0.2, -0.15) is 0 Å². The van der Waals surface area contributed by atoms with Crippen LogP contribution in [0.15, 0.2) is 0 Å². The minimum Gasteiger partial charge on any atom is -0.356 e. The van der Waals surface area contributed by atoms with Gasteiger partial charge in [0.1, 0.15) is 0 Å². The monoisotopic (exact) mass is 242 g/mol. The Bertz CT molecular complexity index is 252. The van der Waals surface area contributed by atoms with Gasteiger partial charge in [0.05, 0.1) is 0 Å². The van der Waals surface area contributed by atoms with E-state index in [9.17, 15) is 9.59 Å². The topological polar surface area (TPSA) is 58.2 Å². The molecule has 17 heavy (non-hydrogen) atoms. The molecule has 0 aliphatic carbocycles. The predicted octanol–water partition coefficient (Wildman–Crippen LogP) is 1.70. The number of hydrogen-bond acceptors (Lipinski definition) is 2. The first-order valence-corrected chi connectivity index (χ1v) is 6.46. The van der Waals surface area contributed by atoms with Gasteiger partial charge in [0.2, 0.25) is 11.8 Å². The maximum Gasteiger partial charge on any atom is 0.222 e. The Morgan fingerprint density at radius 3 is 2.06 bits per heavy atom. The summed E-state index contributed by atoms with van der Waals surface area (Å²) in [6, 6.07) is 0.127. The van der Waals surface area contributed by atoms with Crippen molar-refractivity contribution in [1.29, 1.82) is 0 Å². The second kappa shape index (κ2) is 8.09. The van der Waals surface area contributed by atoms with Crippen molar-refractivity contribution in [2.45, 2.75) is 53.5 Å². The Labute approximate surface area is 105 Å². The molecule has 0 aliphatic heterocycles. The van der Waals surface area contributed by atoms with Crippen LogP contribution in [0.2, 0.25) is 0 Å². The number of carbonyl (C=O) groups is 2. The van der Waals surface area contributed by atoms with Gasteiger partial charge in [-0.25, -0.2) is 0 Å². The molecular weight excluding hydrogens is 216 g/mol. The van der Waals surface area contributed by atoms with E-state index in [2.05, 4.69) is 10.6 Å². The third-order valence-corrected chi connectivity index (χ3v) is 2.74. The number of amides is 2. The van der Waals surface area contributed by atoms with Gasteiger partial charge in [0.25, 0.3) is 0 Å². The molecule has 0 aromatic heterocycles. The van der Waals surface area contributed by atoms with Crippen LogP contribution in [-0.2, 0) is 9.59 Å². The standard InChI is InChI=1S/C13H26N2O2/c1-6-14-13(17)10(4)7-8-11(5)15-12(16)9(2)3/h9-11H,6-8H2,1-5H3,(H,14,17)(H,15,16). The van der Waals surface area contributed by atoms with Crippen molar-refractivity contribution in [3.63, 3.8) is 0 Å². The number of nitrogens with one attached hydrogen (secondary N) is 2. The normalized spacial score (nSPS) is 14.2. The highest BCUT2D eigenvalue weighted by atomic mass is 16.2. The summed E-state index contributed by atoms with van der Waals surface area (Å²) in [5.74, 6) is 0.185. The molecule has 0 aromatic carbocycles. The first-order valence-electron chi connectivity index (χ1n) is 6.46. The Morgan fingerprint density at radius 2 is 1.59 bits per heavy atom. The van der Waals surface area contributed by atoms with Crippen LogP contribution in [0, 0.1) is 11.8 Å². The maximum absolute atomic E-state index is 11.5. The average Bonchev–Trinajstić information content (AvgIpc) is 2.25. The highest BCUT2D eigenvalue weighted by Gasteiger charge is 2.15. The largest absolute Gasteiger partial charge is 0.356 e. The van der Waals surface area contributed by atoms with Crippen LogP contribution in [-0.4, -0.2) is 24.4 Å². The van der Waals surface area contributed by atoms with E-state index in [0.717, 1.165) is 12.8 Å². The molecule has 0 fully saturated rings. The number of hydrogen-bond donors (Lipinski definition) is 2. The maximum atomic E-state index is 11.5. The zero-order valence-electron chi connectivity index (χ0n) is 11.7. The summed E-state index contributed by atoms with van der Waals surface area (Å²) in [5.41, 5.74) is 0. The van der Waals surface area contributed by atoms with Crippen molar-refractivity contribution in [2.75, 3.05) is 6.54 Å². The quantitative estimate of drug-likeness (QED) is 0.714. The molecule has 0 aliphatic rings. The van der Waals surface area contributed by atoms with E-state index in [4.69, 9.17) is 0 Å².